The predicted molar refractivity (Wildman–Crippen MR) is 94.6 cm³/mol. The molecule has 29 heavy (non-hydrogen) atoms. The number of aromatic carboxylic acids is 4. The molecule has 0 atom stereocenters. The fraction of sp³-hybridized carbons (Fsp3) is 0. The van der Waals surface area contributed by atoms with Crippen LogP contribution in [0.4, 0.5) is 9.41 Å². The lowest BCUT2D eigenvalue weighted by atomic mass is 10.1. The lowest BCUT2D eigenvalue weighted by Gasteiger charge is -1.98. The summed E-state index contributed by atoms with van der Waals surface area (Å²) in [4.78, 5) is 41.9. The zero-order valence-electron chi connectivity index (χ0n) is 14.1. The molecule has 10 nitrogen and oxygen atoms in total. The van der Waals surface area contributed by atoms with Crippen molar-refractivity contribution in [2.45, 2.75) is 0 Å². The molecule has 2 aromatic carbocycles. The van der Waals surface area contributed by atoms with Crippen LogP contribution in [0.2, 0.25) is 0 Å². The molecule has 158 valence electrons. The van der Waals surface area contributed by atoms with Crippen molar-refractivity contribution in [2.75, 3.05) is 0 Å². The normalized spacial score (nSPS) is 8.14. The van der Waals surface area contributed by atoms with Crippen LogP contribution in [0.5, 0.6) is 0 Å². The molecule has 0 unspecified atom stereocenters. The number of carboxylic acid groups (broad SMARTS) is 4. The molecule has 4 N–H and O–H groups in total. The summed E-state index contributed by atoms with van der Waals surface area (Å²) in [7, 11) is 0. The zero-order valence-corrected chi connectivity index (χ0v) is 14.9. The predicted octanol–water partition coefficient (Wildman–Crippen LogP) is 1.80. The molecule has 0 fully saturated rings. The maximum absolute atomic E-state index is 10.5. The standard InChI is InChI=1S/2C8H6O4.2FH.O2S/c2*9-7(10)5-3-1-2-4-6(5)8(11)12;;;1-3-2/h2*1-4H,(H,9,10)(H,11,12);2*1H;. The summed E-state index contributed by atoms with van der Waals surface area (Å²) in [5, 5.41) is 34.2. The van der Waals surface area contributed by atoms with Crippen LogP contribution in [0.25, 0.3) is 0 Å². The topological polar surface area (TPSA) is 183 Å². The Bertz CT molecular complexity index is 761. The van der Waals surface area contributed by atoms with Crippen molar-refractivity contribution in [3.8, 4) is 0 Å². The minimum atomic E-state index is -1.23. The highest BCUT2D eigenvalue weighted by molar-refractivity contribution is 7.51. The Morgan fingerprint density at radius 3 is 0.759 bits per heavy atom. The van der Waals surface area contributed by atoms with Gasteiger partial charge in [0, 0.05) is 0 Å². The molecule has 0 spiro atoms. The molecular formula is C16H14F2O10S. The van der Waals surface area contributed by atoms with Crippen molar-refractivity contribution in [3.05, 3.63) is 70.8 Å². The van der Waals surface area contributed by atoms with E-state index in [0.29, 0.717) is 0 Å². The number of rotatable bonds is 4. The van der Waals surface area contributed by atoms with Crippen molar-refractivity contribution in [2.24, 2.45) is 0 Å². The second-order valence-corrected chi connectivity index (χ2v) is 4.52. The fourth-order valence-corrected chi connectivity index (χ4v) is 1.71. The molecule has 0 bridgehead atoms. The Morgan fingerprint density at radius 1 is 0.517 bits per heavy atom. The molecule has 13 heteroatoms. The average Bonchev–Trinajstić information content (AvgIpc) is 2.62. The van der Waals surface area contributed by atoms with Gasteiger partial charge in [-0.3, -0.25) is 9.41 Å². The van der Waals surface area contributed by atoms with E-state index in [1.54, 1.807) is 0 Å². The summed E-state index contributed by atoms with van der Waals surface area (Å²) in [5.41, 5.74) is -0.759. The van der Waals surface area contributed by atoms with Crippen LogP contribution in [-0.4, -0.2) is 52.7 Å². The lowest BCUT2D eigenvalue weighted by molar-refractivity contribution is 0.0651. The number of carboxylic acids is 4. The van der Waals surface area contributed by atoms with E-state index < -0.39 is 35.4 Å². The summed E-state index contributed by atoms with van der Waals surface area (Å²) >= 11 is -0.750. The highest BCUT2D eigenvalue weighted by Gasteiger charge is 2.14. The first-order valence-electron chi connectivity index (χ1n) is 6.70. The molecule has 2 aromatic rings. The number of hydrogen-bond donors (Lipinski definition) is 4. The Morgan fingerprint density at radius 2 is 0.655 bits per heavy atom. The summed E-state index contributed by atoms with van der Waals surface area (Å²) < 4.78 is 16.6. The van der Waals surface area contributed by atoms with Gasteiger partial charge in [0.25, 0.3) is 0 Å². The number of benzene rings is 2. The van der Waals surface area contributed by atoms with Gasteiger partial charge in [0.15, 0.2) is 0 Å². The van der Waals surface area contributed by atoms with E-state index in [1.165, 1.54) is 48.5 Å². The number of carbonyl (C=O) groups is 4. The van der Waals surface area contributed by atoms with Gasteiger partial charge in [-0.25, -0.2) is 19.2 Å². The van der Waals surface area contributed by atoms with E-state index in [-0.39, 0.29) is 31.7 Å². The van der Waals surface area contributed by atoms with Gasteiger partial charge in [0.2, 0.25) is 0 Å². The van der Waals surface area contributed by atoms with Crippen LogP contribution in [0.15, 0.2) is 48.5 Å². The van der Waals surface area contributed by atoms with Gasteiger partial charge in [0.05, 0.1) is 22.3 Å². The second-order valence-electron chi connectivity index (χ2n) is 4.38. The van der Waals surface area contributed by atoms with E-state index in [9.17, 15) is 19.2 Å². The van der Waals surface area contributed by atoms with Crippen LogP contribution in [0, 0.1) is 0 Å². The quantitative estimate of drug-likeness (QED) is 0.551. The van der Waals surface area contributed by atoms with Crippen molar-refractivity contribution < 1.29 is 57.4 Å². The van der Waals surface area contributed by atoms with Crippen LogP contribution in [0.3, 0.4) is 0 Å². The van der Waals surface area contributed by atoms with E-state index >= 15 is 0 Å². The first kappa shape index (κ1) is 29.8. The van der Waals surface area contributed by atoms with E-state index in [0.717, 1.165) is 0 Å². The molecule has 0 saturated heterocycles. The van der Waals surface area contributed by atoms with Crippen LogP contribution >= 0.6 is 0 Å². The van der Waals surface area contributed by atoms with Crippen LogP contribution < -0.4 is 0 Å². The summed E-state index contributed by atoms with van der Waals surface area (Å²) in [6.45, 7) is 0. The summed E-state index contributed by atoms with van der Waals surface area (Å²) in [6, 6.07) is 11.0. The first-order chi connectivity index (χ1) is 12.7. The van der Waals surface area contributed by atoms with Gasteiger partial charge in [-0.2, -0.15) is 8.42 Å². The Kier molecular flexibility index (Phi) is 15.5. The summed E-state index contributed by atoms with van der Waals surface area (Å²) in [6.07, 6.45) is 0. The number of halogens is 2. The molecule has 0 radical (unpaired) electrons. The highest BCUT2D eigenvalue weighted by Crippen LogP contribution is 2.08. The highest BCUT2D eigenvalue weighted by atomic mass is 32.1. The summed E-state index contributed by atoms with van der Waals surface area (Å²) in [5.74, 6) is -4.91. The van der Waals surface area contributed by atoms with Gasteiger partial charge in [0.1, 0.15) is 0 Å². The maximum atomic E-state index is 10.5. The molecule has 0 aromatic heterocycles. The SMILES string of the molecule is F.F.O=C(O)c1ccccc1C(=O)O.O=C(O)c1ccccc1C(=O)O.O=S=O. The van der Waals surface area contributed by atoms with E-state index in [4.69, 9.17) is 28.8 Å². The molecule has 0 saturated carbocycles. The maximum Gasteiger partial charge on any atom is 0.336 e. The van der Waals surface area contributed by atoms with Crippen molar-refractivity contribution in [3.63, 3.8) is 0 Å². The van der Waals surface area contributed by atoms with Crippen molar-refractivity contribution in [1.82, 2.24) is 0 Å². The number of hydrogen-bond acceptors (Lipinski definition) is 6. The average molecular weight is 436 g/mol. The second kappa shape index (κ2) is 15.1. The van der Waals surface area contributed by atoms with E-state index in [1.807, 2.05) is 0 Å². The van der Waals surface area contributed by atoms with Gasteiger partial charge in [-0.05, 0) is 24.3 Å². The van der Waals surface area contributed by atoms with Crippen LogP contribution in [-0.2, 0) is 11.6 Å². The zero-order chi connectivity index (χ0) is 21.0. The third-order valence-electron chi connectivity index (χ3n) is 2.78. The molecule has 0 heterocycles. The van der Waals surface area contributed by atoms with Crippen molar-refractivity contribution >= 4 is 35.4 Å². The molecule has 0 aliphatic heterocycles. The van der Waals surface area contributed by atoms with E-state index in [2.05, 4.69) is 0 Å². The third kappa shape index (κ3) is 10.0. The fourth-order valence-electron chi connectivity index (χ4n) is 1.71. The third-order valence-corrected chi connectivity index (χ3v) is 2.78. The minimum absolute atomic E-state index is 0. The molecule has 2 rings (SSSR count). The van der Waals surface area contributed by atoms with Crippen LogP contribution in [0.1, 0.15) is 41.4 Å². The molecule has 0 amide bonds. The first-order valence-corrected chi connectivity index (χ1v) is 7.37. The Hall–Kier alpha value is -4.00. The van der Waals surface area contributed by atoms with Crippen molar-refractivity contribution in [1.29, 1.82) is 0 Å². The Balaban J connectivity index is -0.000000387. The molecular weight excluding hydrogens is 422 g/mol. The lowest BCUT2D eigenvalue weighted by Crippen LogP contribution is -2.06. The largest absolute Gasteiger partial charge is 0.478 e. The van der Waals surface area contributed by atoms with Gasteiger partial charge >= 0.3 is 35.4 Å². The van der Waals surface area contributed by atoms with Gasteiger partial charge in [-0.1, -0.05) is 24.3 Å². The smallest absolute Gasteiger partial charge is 0.336 e. The minimum Gasteiger partial charge on any atom is -0.478 e. The van der Waals surface area contributed by atoms with Gasteiger partial charge in [-0.15, -0.1) is 0 Å². The Labute approximate surface area is 164 Å². The monoisotopic (exact) mass is 436 g/mol. The van der Waals surface area contributed by atoms with Gasteiger partial charge < -0.3 is 20.4 Å². The molecule has 0 aliphatic rings. The molecule has 0 aliphatic carbocycles.